The van der Waals surface area contributed by atoms with E-state index in [0.717, 1.165) is 10.0 Å². The van der Waals surface area contributed by atoms with E-state index in [2.05, 4.69) is 15.9 Å². The third kappa shape index (κ3) is 5.08. The molecule has 1 unspecified atom stereocenters. The second-order valence-electron chi connectivity index (χ2n) is 4.03. The average Bonchev–Trinajstić information content (AvgIpc) is 2.20. The summed E-state index contributed by atoms with van der Waals surface area (Å²) in [6, 6.07) is 5.30. The number of aliphatic hydroxyl groups excluding tert-OH is 1. The lowest BCUT2D eigenvalue weighted by molar-refractivity contribution is -0.136. The molecule has 0 bridgehead atoms. The predicted molar refractivity (Wildman–Crippen MR) is 63.7 cm³/mol. The molecule has 0 radical (unpaired) electrons. The Morgan fingerprint density at radius 1 is 1.35 bits per heavy atom. The molecule has 0 saturated heterocycles. The van der Waals surface area contributed by atoms with Gasteiger partial charge in [0.1, 0.15) is 0 Å². The summed E-state index contributed by atoms with van der Waals surface area (Å²) in [5.41, 5.74) is 1.67. The number of rotatable bonds is 4. The fraction of sp³-hybridized carbons (Fsp3) is 0.500. The Morgan fingerprint density at radius 3 is 2.53 bits per heavy atom. The minimum Gasteiger partial charge on any atom is -0.388 e. The molecule has 1 N–H and O–H groups in total. The van der Waals surface area contributed by atoms with Gasteiger partial charge in [0.25, 0.3) is 0 Å². The van der Waals surface area contributed by atoms with Crippen LogP contribution in [0.3, 0.4) is 0 Å². The zero-order valence-electron chi connectivity index (χ0n) is 9.39. The Bertz CT molecular complexity index is 377. The van der Waals surface area contributed by atoms with Gasteiger partial charge in [-0.25, -0.2) is 0 Å². The fourth-order valence-corrected chi connectivity index (χ4v) is 1.88. The summed E-state index contributed by atoms with van der Waals surface area (Å²) in [7, 11) is 0. The van der Waals surface area contributed by atoms with Crippen molar-refractivity contribution in [3.8, 4) is 0 Å². The zero-order chi connectivity index (χ0) is 13.1. The van der Waals surface area contributed by atoms with E-state index in [0.29, 0.717) is 5.56 Å². The van der Waals surface area contributed by atoms with Gasteiger partial charge >= 0.3 is 6.18 Å². The first-order valence-electron chi connectivity index (χ1n) is 5.30. The van der Waals surface area contributed by atoms with Crippen LogP contribution in [0.2, 0.25) is 0 Å². The van der Waals surface area contributed by atoms with E-state index in [1.807, 2.05) is 13.0 Å². The lowest BCUT2D eigenvalue weighted by atomic mass is 10.0. The third-order valence-electron chi connectivity index (χ3n) is 2.52. The quantitative estimate of drug-likeness (QED) is 0.866. The first-order chi connectivity index (χ1) is 7.79. The number of aryl methyl sites for hydroxylation is 1. The topological polar surface area (TPSA) is 20.2 Å². The zero-order valence-corrected chi connectivity index (χ0v) is 11.0. The molecule has 0 aromatic heterocycles. The van der Waals surface area contributed by atoms with Crippen LogP contribution < -0.4 is 0 Å². The summed E-state index contributed by atoms with van der Waals surface area (Å²) in [4.78, 5) is 0. The molecule has 0 amide bonds. The van der Waals surface area contributed by atoms with E-state index in [1.165, 1.54) is 0 Å². The Labute approximate surface area is 107 Å². The molecule has 1 aromatic rings. The van der Waals surface area contributed by atoms with Gasteiger partial charge in [-0.3, -0.25) is 0 Å². The van der Waals surface area contributed by atoms with E-state index in [1.54, 1.807) is 12.1 Å². The molecule has 17 heavy (non-hydrogen) atoms. The lowest BCUT2D eigenvalue weighted by Gasteiger charge is -2.13. The molecule has 0 saturated carbocycles. The molecule has 0 aliphatic heterocycles. The smallest absolute Gasteiger partial charge is 0.388 e. The maximum Gasteiger partial charge on any atom is 0.389 e. The highest BCUT2D eigenvalue weighted by Crippen LogP contribution is 2.28. The van der Waals surface area contributed by atoms with E-state index in [-0.39, 0.29) is 12.8 Å². The van der Waals surface area contributed by atoms with Crippen molar-refractivity contribution in [2.75, 3.05) is 0 Å². The predicted octanol–water partition coefficient (Wildman–Crippen LogP) is 4.52. The van der Waals surface area contributed by atoms with Crippen LogP contribution in [0.5, 0.6) is 0 Å². The average molecular weight is 311 g/mol. The molecule has 1 rings (SSSR count). The molecule has 5 heteroatoms. The van der Waals surface area contributed by atoms with E-state index >= 15 is 0 Å². The van der Waals surface area contributed by atoms with Gasteiger partial charge in [0.05, 0.1) is 6.10 Å². The normalized spacial score (nSPS) is 13.8. The van der Waals surface area contributed by atoms with Gasteiger partial charge < -0.3 is 5.11 Å². The second-order valence-corrected chi connectivity index (χ2v) is 4.89. The highest BCUT2D eigenvalue weighted by molar-refractivity contribution is 9.10. The SMILES string of the molecule is Cc1ccc(C(O)CCCC(F)(F)F)cc1Br. The molecule has 1 nitrogen and oxygen atoms in total. The van der Waals surface area contributed by atoms with Crippen molar-refractivity contribution in [2.45, 2.75) is 38.5 Å². The van der Waals surface area contributed by atoms with Crippen LogP contribution in [0.4, 0.5) is 13.2 Å². The number of hydrogen-bond acceptors (Lipinski definition) is 1. The molecular formula is C12H14BrF3O. The molecule has 96 valence electrons. The molecule has 1 atom stereocenters. The van der Waals surface area contributed by atoms with Crippen LogP contribution in [0.15, 0.2) is 22.7 Å². The van der Waals surface area contributed by atoms with Gasteiger partial charge in [0.2, 0.25) is 0 Å². The standard InChI is InChI=1S/C12H14BrF3O/c1-8-4-5-9(7-10(8)13)11(17)3-2-6-12(14,15)16/h4-5,7,11,17H,2-3,6H2,1H3. The van der Waals surface area contributed by atoms with Crippen molar-refractivity contribution in [1.82, 2.24) is 0 Å². The largest absolute Gasteiger partial charge is 0.389 e. The minimum atomic E-state index is -4.15. The number of alkyl halides is 3. The van der Waals surface area contributed by atoms with Crippen LogP contribution >= 0.6 is 15.9 Å². The Morgan fingerprint density at radius 2 is 2.00 bits per heavy atom. The van der Waals surface area contributed by atoms with Crippen molar-refractivity contribution in [3.63, 3.8) is 0 Å². The Kier molecular flexibility index (Phi) is 5.01. The molecule has 0 heterocycles. The molecule has 0 spiro atoms. The van der Waals surface area contributed by atoms with Gasteiger partial charge in [-0.1, -0.05) is 28.1 Å². The molecule has 1 aromatic carbocycles. The monoisotopic (exact) mass is 310 g/mol. The number of benzene rings is 1. The summed E-state index contributed by atoms with van der Waals surface area (Å²) in [6.07, 6.45) is -5.77. The summed E-state index contributed by atoms with van der Waals surface area (Å²) in [5.74, 6) is 0. The van der Waals surface area contributed by atoms with Gasteiger partial charge in [0.15, 0.2) is 0 Å². The number of hydrogen-bond donors (Lipinski definition) is 1. The van der Waals surface area contributed by atoms with Crippen molar-refractivity contribution in [2.24, 2.45) is 0 Å². The van der Waals surface area contributed by atoms with Crippen molar-refractivity contribution >= 4 is 15.9 Å². The van der Waals surface area contributed by atoms with Gasteiger partial charge in [-0.2, -0.15) is 13.2 Å². The Balaban J connectivity index is 2.52. The van der Waals surface area contributed by atoms with Crippen LogP contribution in [0.25, 0.3) is 0 Å². The van der Waals surface area contributed by atoms with E-state index in [9.17, 15) is 18.3 Å². The van der Waals surface area contributed by atoms with Crippen molar-refractivity contribution in [1.29, 1.82) is 0 Å². The maximum absolute atomic E-state index is 11.9. The highest BCUT2D eigenvalue weighted by Gasteiger charge is 2.26. The first kappa shape index (κ1) is 14.5. The highest BCUT2D eigenvalue weighted by atomic mass is 79.9. The van der Waals surface area contributed by atoms with Crippen LogP contribution in [0.1, 0.15) is 36.5 Å². The van der Waals surface area contributed by atoms with Crippen LogP contribution in [-0.2, 0) is 0 Å². The van der Waals surface area contributed by atoms with Gasteiger partial charge in [-0.15, -0.1) is 0 Å². The minimum absolute atomic E-state index is 0.0594. The number of halogens is 4. The molecule has 0 fully saturated rings. The van der Waals surface area contributed by atoms with Crippen LogP contribution in [-0.4, -0.2) is 11.3 Å². The van der Waals surface area contributed by atoms with Crippen LogP contribution in [0, 0.1) is 6.92 Å². The summed E-state index contributed by atoms with van der Waals surface area (Å²) < 4.78 is 36.7. The first-order valence-corrected chi connectivity index (χ1v) is 6.10. The van der Waals surface area contributed by atoms with Crippen molar-refractivity contribution < 1.29 is 18.3 Å². The molecular weight excluding hydrogens is 297 g/mol. The summed E-state index contributed by atoms with van der Waals surface area (Å²) >= 11 is 3.32. The van der Waals surface area contributed by atoms with E-state index < -0.39 is 18.7 Å². The molecule has 0 aliphatic rings. The lowest BCUT2D eigenvalue weighted by Crippen LogP contribution is -2.08. The van der Waals surface area contributed by atoms with E-state index in [4.69, 9.17) is 0 Å². The molecule has 0 aliphatic carbocycles. The fourth-order valence-electron chi connectivity index (χ4n) is 1.48. The maximum atomic E-state index is 11.9. The van der Waals surface area contributed by atoms with Gasteiger partial charge in [-0.05, 0) is 37.0 Å². The van der Waals surface area contributed by atoms with Gasteiger partial charge in [0, 0.05) is 10.9 Å². The number of aliphatic hydroxyl groups is 1. The summed E-state index contributed by atoms with van der Waals surface area (Å²) in [6.45, 7) is 1.91. The third-order valence-corrected chi connectivity index (χ3v) is 3.37. The Hall–Kier alpha value is -0.550. The summed E-state index contributed by atoms with van der Waals surface area (Å²) in [5, 5.41) is 9.74. The second kappa shape index (κ2) is 5.87. The van der Waals surface area contributed by atoms with Crippen molar-refractivity contribution in [3.05, 3.63) is 33.8 Å².